The van der Waals surface area contributed by atoms with E-state index in [0.717, 1.165) is 5.56 Å². The molecule has 122 valence electrons. The molecule has 3 rings (SSSR count). The summed E-state index contributed by atoms with van der Waals surface area (Å²) in [6.45, 7) is 2.31. The van der Waals surface area contributed by atoms with E-state index in [9.17, 15) is 9.59 Å². The number of hydrogen-bond acceptors (Lipinski definition) is 4. The average molecular weight is 322 g/mol. The molecular formula is C19H18N2O3. The molecule has 5 heteroatoms. The molecule has 0 bridgehead atoms. The van der Waals surface area contributed by atoms with Gasteiger partial charge in [0.2, 0.25) is 0 Å². The molecule has 5 nitrogen and oxygen atoms in total. The summed E-state index contributed by atoms with van der Waals surface area (Å²) in [7, 11) is 1.34. The normalized spacial score (nSPS) is 10.8. The summed E-state index contributed by atoms with van der Waals surface area (Å²) in [6, 6.07) is 13.1. The molecule has 2 aromatic heterocycles. The van der Waals surface area contributed by atoms with E-state index < -0.39 is 5.97 Å². The van der Waals surface area contributed by atoms with Crippen LogP contribution in [0, 0.1) is 0 Å². The lowest BCUT2D eigenvalue weighted by atomic mass is 10.1. The molecule has 1 aromatic carbocycles. The molecule has 0 spiro atoms. The van der Waals surface area contributed by atoms with Gasteiger partial charge in [-0.15, -0.1) is 0 Å². The third kappa shape index (κ3) is 2.69. The Morgan fingerprint density at radius 1 is 1.17 bits per heavy atom. The van der Waals surface area contributed by atoms with Crippen LogP contribution in [0.1, 0.15) is 28.5 Å². The van der Waals surface area contributed by atoms with Crippen LogP contribution in [0.15, 0.2) is 53.5 Å². The minimum absolute atomic E-state index is 0.147. The second-order valence-corrected chi connectivity index (χ2v) is 5.44. The Morgan fingerprint density at radius 3 is 2.58 bits per heavy atom. The van der Waals surface area contributed by atoms with Crippen molar-refractivity contribution in [3.8, 4) is 0 Å². The quantitative estimate of drug-likeness (QED) is 0.693. The molecule has 2 heterocycles. The van der Waals surface area contributed by atoms with Crippen molar-refractivity contribution in [3.63, 3.8) is 0 Å². The van der Waals surface area contributed by atoms with Crippen molar-refractivity contribution in [3.05, 3.63) is 75.8 Å². The van der Waals surface area contributed by atoms with Gasteiger partial charge >= 0.3 is 5.97 Å². The van der Waals surface area contributed by atoms with Crippen molar-refractivity contribution in [2.45, 2.75) is 19.9 Å². The number of aromatic nitrogens is 2. The lowest BCUT2D eigenvalue weighted by molar-refractivity contribution is 0.0600. The second kappa shape index (κ2) is 6.66. The third-order valence-corrected chi connectivity index (χ3v) is 4.04. The Morgan fingerprint density at radius 2 is 1.92 bits per heavy atom. The number of pyridine rings is 2. The van der Waals surface area contributed by atoms with Gasteiger partial charge in [0.25, 0.3) is 5.56 Å². The highest BCUT2D eigenvalue weighted by atomic mass is 16.5. The van der Waals surface area contributed by atoms with Gasteiger partial charge in [0, 0.05) is 11.9 Å². The number of hydrogen-bond donors (Lipinski definition) is 0. The predicted molar refractivity (Wildman–Crippen MR) is 92.3 cm³/mol. The van der Waals surface area contributed by atoms with Crippen molar-refractivity contribution in [2.75, 3.05) is 7.11 Å². The molecule has 0 aliphatic carbocycles. The maximum absolute atomic E-state index is 12.9. The summed E-state index contributed by atoms with van der Waals surface area (Å²) in [5.74, 6) is -0.475. The topological polar surface area (TPSA) is 61.2 Å². The van der Waals surface area contributed by atoms with Crippen molar-refractivity contribution in [2.24, 2.45) is 0 Å². The molecule has 0 aliphatic rings. The molecule has 0 unspecified atom stereocenters. The standard InChI is InChI=1S/C19H18N2O3/c1-3-15-16(19(23)24-2)17-14(10-7-11-20-17)18(22)21(15)12-13-8-5-4-6-9-13/h4-11H,3,12H2,1-2H3. The van der Waals surface area contributed by atoms with Crippen LogP contribution >= 0.6 is 0 Å². The lowest BCUT2D eigenvalue weighted by Gasteiger charge is -2.17. The average Bonchev–Trinajstić information content (AvgIpc) is 2.64. The van der Waals surface area contributed by atoms with Gasteiger partial charge < -0.3 is 9.30 Å². The largest absolute Gasteiger partial charge is 0.465 e. The number of ether oxygens (including phenoxy) is 1. The minimum atomic E-state index is -0.475. The first-order valence-electron chi connectivity index (χ1n) is 7.80. The van der Waals surface area contributed by atoms with Gasteiger partial charge in [-0.2, -0.15) is 0 Å². The van der Waals surface area contributed by atoms with Gasteiger partial charge in [-0.25, -0.2) is 4.79 Å². The van der Waals surface area contributed by atoms with E-state index >= 15 is 0 Å². The molecule has 0 aliphatic heterocycles. The first-order valence-corrected chi connectivity index (χ1v) is 7.80. The maximum atomic E-state index is 12.9. The van der Waals surface area contributed by atoms with Crippen LogP contribution in [-0.2, 0) is 17.7 Å². The van der Waals surface area contributed by atoms with E-state index in [-0.39, 0.29) is 5.56 Å². The summed E-state index contributed by atoms with van der Waals surface area (Å²) in [4.78, 5) is 29.5. The number of fused-ring (bicyclic) bond motifs is 1. The van der Waals surface area contributed by atoms with Crippen LogP contribution in [0.4, 0.5) is 0 Å². The van der Waals surface area contributed by atoms with E-state index in [2.05, 4.69) is 4.98 Å². The SMILES string of the molecule is CCc1c(C(=O)OC)c2ncccc2c(=O)n1Cc1ccccc1. The van der Waals surface area contributed by atoms with Gasteiger partial charge in [-0.1, -0.05) is 37.3 Å². The number of nitrogens with zero attached hydrogens (tertiary/aromatic N) is 2. The van der Waals surface area contributed by atoms with Crippen molar-refractivity contribution in [1.29, 1.82) is 0 Å². The van der Waals surface area contributed by atoms with Gasteiger partial charge in [0.15, 0.2) is 0 Å². The predicted octanol–water partition coefficient (Wildman–Crippen LogP) is 2.79. The van der Waals surface area contributed by atoms with Gasteiger partial charge in [0.05, 0.1) is 24.6 Å². The highest BCUT2D eigenvalue weighted by Gasteiger charge is 2.22. The Bertz CT molecular complexity index is 946. The van der Waals surface area contributed by atoms with Crippen molar-refractivity contribution < 1.29 is 9.53 Å². The highest BCUT2D eigenvalue weighted by molar-refractivity contribution is 6.03. The smallest absolute Gasteiger partial charge is 0.341 e. The number of carbonyl (C=O) groups excluding carboxylic acids is 1. The molecule has 0 saturated heterocycles. The second-order valence-electron chi connectivity index (χ2n) is 5.44. The summed E-state index contributed by atoms with van der Waals surface area (Å²) in [6.07, 6.45) is 2.11. The summed E-state index contributed by atoms with van der Waals surface area (Å²) in [5, 5.41) is 0.422. The number of rotatable bonds is 4. The van der Waals surface area contributed by atoms with Gasteiger partial charge in [-0.05, 0) is 24.1 Å². The molecule has 24 heavy (non-hydrogen) atoms. The van der Waals surface area contributed by atoms with Crippen LogP contribution < -0.4 is 5.56 Å². The van der Waals surface area contributed by atoms with Gasteiger partial charge in [-0.3, -0.25) is 9.78 Å². The molecular weight excluding hydrogens is 304 g/mol. The molecule has 0 radical (unpaired) electrons. The number of benzene rings is 1. The maximum Gasteiger partial charge on any atom is 0.341 e. The zero-order valence-electron chi connectivity index (χ0n) is 13.7. The molecule has 0 N–H and O–H groups in total. The fourth-order valence-corrected chi connectivity index (χ4v) is 2.93. The molecule has 3 aromatic rings. The number of carbonyl (C=O) groups is 1. The number of methoxy groups -OCH3 is 1. The van der Waals surface area contributed by atoms with Crippen LogP contribution in [0.3, 0.4) is 0 Å². The minimum Gasteiger partial charge on any atom is -0.465 e. The third-order valence-electron chi connectivity index (χ3n) is 4.04. The van der Waals surface area contributed by atoms with Crippen LogP contribution in [0.5, 0.6) is 0 Å². The zero-order valence-corrected chi connectivity index (χ0v) is 13.7. The van der Waals surface area contributed by atoms with Crippen molar-refractivity contribution >= 4 is 16.9 Å². The van der Waals surface area contributed by atoms with Crippen LogP contribution in [0.25, 0.3) is 10.9 Å². The number of esters is 1. The van der Waals surface area contributed by atoms with E-state index in [1.165, 1.54) is 7.11 Å². The van der Waals surface area contributed by atoms with Crippen LogP contribution in [-0.4, -0.2) is 22.6 Å². The fourth-order valence-electron chi connectivity index (χ4n) is 2.93. The van der Waals surface area contributed by atoms with Crippen molar-refractivity contribution in [1.82, 2.24) is 9.55 Å². The molecule has 0 atom stereocenters. The monoisotopic (exact) mass is 322 g/mol. The first kappa shape index (κ1) is 15.9. The fraction of sp³-hybridized carbons (Fsp3) is 0.211. The summed E-state index contributed by atoms with van der Waals surface area (Å²) in [5.41, 5.74) is 2.25. The van der Waals surface area contributed by atoms with E-state index in [4.69, 9.17) is 4.74 Å². The first-order chi connectivity index (χ1) is 11.7. The van der Waals surface area contributed by atoms with E-state index in [1.54, 1.807) is 22.9 Å². The van der Waals surface area contributed by atoms with E-state index in [0.29, 0.717) is 35.1 Å². The highest BCUT2D eigenvalue weighted by Crippen LogP contribution is 2.20. The zero-order chi connectivity index (χ0) is 17.1. The Hall–Kier alpha value is -2.95. The summed E-state index contributed by atoms with van der Waals surface area (Å²) < 4.78 is 6.58. The molecule has 0 fully saturated rings. The Balaban J connectivity index is 2.34. The Labute approximate surface area is 139 Å². The summed E-state index contributed by atoms with van der Waals surface area (Å²) >= 11 is 0. The molecule has 0 saturated carbocycles. The Kier molecular flexibility index (Phi) is 4.42. The lowest BCUT2D eigenvalue weighted by Crippen LogP contribution is -2.28. The van der Waals surface area contributed by atoms with Crippen LogP contribution in [0.2, 0.25) is 0 Å². The molecule has 0 amide bonds. The van der Waals surface area contributed by atoms with E-state index in [1.807, 2.05) is 37.3 Å². The van der Waals surface area contributed by atoms with Gasteiger partial charge in [0.1, 0.15) is 5.56 Å².